The molecule has 0 saturated heterocycles. The molecule has 0 aliphatic heterocycles. The zero-order chi connectivity index (χ0) is 21.4. The van der Waals surface area contributed by atoms with Crippen LogP contribution in [0.1, 0.15) is 22.8 Å². The van der Waals surface area contributed by atoms with E-state index in [1.165, 1.54) is 21.1 Å². The van der Waals surface area contributed by atoms with Crippen molar-refractivity contribution in [1.82, 2.24) is 5.32 Å². The number of methoxy groups -OCH3 is 2. The molecule has 8 nitrogen and oxygen atoms in total. The van der Waals surface area contributed by atoms with E-state index in [-0.39, 0.29) is 0 Å². The average Bonchev–Trinajstić information content (AvgIpc) is 2.71. The van der Waals surface area contributed by atoms with E-state index in [1.807, 2.05) is 13.0 Å². The van der Waals surface area contributed by atoms with Gasteiger partial charge in [-0.15, -0.1) is 0 Å². The third kappa shape index (κ3) is 6.24. The van der Waals surface area contributed by atoms with Crippen molar-refractivity contribution in [3.63, 3.8) is 0 Å². The number of carbonyl (C=O) groups excluding carboxylic acids is 3. The van der Waals surface area contributed by atoms with Crippen molar-refractivity contribution in [2.24, 2.45) is 0 Å². The molecule has 29 heavy (non-hydrogen) atoms. The van der Waals surface area contributed by atoms with Gasteiger partial charge in [0, 0.05) is 11.6 Å². The Morgan fingerprint density at radius 3 is 2.45 bits per heavy atom. The lowest BCUT2D eigenvalue weighted by molar-refractivity contribution is -0.148. The number of carbonyl (C=O) groups is 3. The molecule has 0 aliphatic carbocycles. The van der Waals surface area contributed by atoms with Crippen molar-refractivity contribution in [3.8, 4) is 11.5 Å². The van der Waals surface area contributed by atoms with E-state index in [0.29, 0.717) is 22.7 Å². The number of amides is 2. The fourth-order valence-corrected chi connectivity index (χ4v) is 2.48. The number of esters is 1. The Hall–Kier alpha value is -3.55. The molecule has 2 amide bonds. The van der Waals surface area contributed by atoms with Gasteiger partial charge >= 0.3 is 5.97 Å². The summed E-state index contributed by atoms with van der Waals surface area (Å²) in [6.07, 6.45) is 0. The highest BCUT2D eigenvalue weighted by Crippen LogP contribution is 2.28. The van der Waals surface area contributed by atoms with Gasteiger partial charge in [0.05, 0.1) is 19.9 Å². The number of hydrogen-bond acceptors (Lipinski definition) is 6. The van der Waals surface area contributed by atoms with Gasteiger partial charge in [-0.3, -0.25) is 9.59 Å². The summed E-state index contributed by atoms with van der Waals surface area (Å²) in [5.41, 5.74) is 1.75. The molecule has 154 valence electrons. The predicted molar refractivity (Wildman–Crippen MR) is 107 cm³/mol. The molecule has 2 aromatic rings. The molecular weight excluding hydrogens is 376 g/mol. The Kier molecular flexibility index (Phi) is 7.59. The SMILES string of the molecule is COc1ccc(OC)c(NC(=O)COC(=O)[C@H](C)NC(=O)c2cccc(C)c2)c1. The maximum absolute atomic E-state index is 12.2. The minimum Gasteiger partial charge on any atom is -0.497 e. The standard InChI is InChI=1S/C21H24N2O6/c1-13-6-5-7-15(10-13)20(25)22-14(2)21(26)29-12-19(24)23-17-11-16(27-3)8-9-18(17)28-4/h5-11,14H,12H2,1-4H3,(H,22,25)(H,23,24)/t14-/m0/s1. The predicted octanol–water partition coefficient (Wildman–Crippen LogP) is 2.31. The van der Waals surface area contributed by atoms with Gasteiger partial charge in [0.2, 0.25) is 0 Å². The molecule has 2 rings (SSSR count). The summed E-state index contributed by atoms with van der Waals surface area (Å²) in [6, 6.07) is 11.0. The highest BCUT2D eigenvalue weighted by atomic mass is 16.5. The summed E-state index contributed by atoms with van der Waals surface area (Å²) in [6.45, 7) is 2.84. The van der Waals surface area contributed by atoms with Gasteiger partial charge in [-0.25, -0.2) is 4.79 Å². The summed E-state index contributed by atoms with van der Waals surface area (Å²) in [5.74, 6) is -0.709. The molecule has 0 aliphatic rings. The van der Waals surface area contributed by atoms with Crippen LogP contribution in [0.3, 0.4) is 0 Å². The monoisotopic (exact) mass is 400 g/mol. The first kappa shape index (κ1) is 21.7. The van der Waals surface area contributed by atoms with Crippen LogP contribution in [0.4, 0.5) is 5.69 Å². The first-order chi connectivity index (χ1) is 13.8. The average molecular weight is 400 g/mol. The molecule has 0 radical (unpaired) electrons. The van der Waals surface area contributed by atoms with Crippen LogP contribution < -0.4 is 20.1 Å². The first-order valence-corrected chi connectivity index (χ1v) is 8.90. The highest BCUT2D eigenvalue weighted by Gasteiger charge is 2.19. The molecule has 0 spiro atoms. The molecule has 0 heterocycles. The van der Waals surface area contributed by atoms with Crippen LogP contribution >= 0.6 is 0 Å². The van der Waals surface area contributed by atoms with Gasteiger partial charge in [0.25, 0.3) is 11.8 Å². The molecule has 1 atom stereocenters. The Morgan fingerprint density at radius 2 is 1.79 bits per heavy atom. The molecule has 0 saturated carbocycles. The lowest BCUT2D eigenvalue weighted by atomic mass is 10.1. The zero-order valence-electron chi connectivity index (χ0n) is 16.8. The number of rotatable bonds is 8. The van der Waals surface area contributed by atoms with Crippen LogP contribution in [0, 0.1) is 6.92 Å². The highest BCUT2D eigenvalue weighted by molar-refractivity contribution is 5.97. The van der Waals surface area contributed by atoms with Crippen LogP contribution in [0.2, 0.25) is 0 Å². The molecule has 2 N–H and O–H groups in total. The van der Waals surface area contributed by atoms with Gasteiger partial charge in [-0.05, 0) is 38.1 Å². The van der Waals surface area contributed by atoms with E-state index in [2.05, 4.69) is 10.6 Å². The summed E-state index contributed by atoms with van der Waals surface area (Å²) in [4.78, 5) is 36.4. The van der Waals surface area contributed by atoms with Crippen LogP contribution in [0.5, 0.6) is 11.5 Å². The fraction of sp³-hybridized carbons (Fsp3) is 0.286. The number of nitrogens with one attached hydrogen (secondary N) is 2. The molecule has 0 unspecified atom stereocenters. The second-order valence-electron chi connectivity index (χ2n) is 6.29. The Bertz CT molecular complexity index is 896. The van der Waals surface area contributed by atoms with E-state index >= 15 is 0 Å². The number of hydrogen-bond donors (Lipinski definition) is 2. The normalized spacial score (nSPS) is 11.2. The number of ether oxygens (including phenoxy) is 3. The van der Waals surface area contributed by atoms with Crippen LogP contribution in [-0.2, 0) is 14.3 Å². The topological polar surface area (TPSA) is 103 Å². The van der Waals surface area contributed by atoms with E-state index < -0.39 is 30.4 Å². The lowest BCUT2D eigenvalue weighted by Crippen LogP contribution is -2.40. The van der Waals surface area contributed by atoms with Crippen LogP contribution in [-0.4, -0.2) is 44.7 Å². The van der Waals surface area contributed by atoms with Crippen molar-refractivity contribution in [2.75, 3.05) is 26.1 Å². The van der Waals surface area contributed by atoms with Gasteiger partial charge in [-0.2, -0.15) is 0 Å². The van der Waals surface area contributed by atoms with E-state index in [1.54, 1.807) is 36.4 Å². The maximum Gasteiger partial charge on any atom is 0.328 e. The van der Waals surface area contributed by atoms with Crippen molar-refractivity contribution in [3.05, 3.63) is 53.6 Å². The number of anilines is 1. The van der Waals surface area contributed by atoms with E-state index in [4.69, 9.17) is 14.2 Å². The summed E-state index contributed by atoms with van der Waals surface area (Å²) >= 11 is 0. The Morgan fingerprint density at radius 1 is 1.03 bits per heavy atom. The first-order valence-electron chi connectivity index (χ1n) is 8.90. The molecular formula is C21H24N2O6. The number of benzene rings is 2. The molecule has 0 bridgehead atoms. The molecule has 0 fully saturated rings. The van der Waals surface area contributed by atoms with Crippen molar-refractivity contribution >= 4 is 23.5 Å². The van der Waals surface area contributed by atoms with Crippen molar-refractivity contribution < 1.29 is 28.6 Å². The molecule has 8 heteroatoms. The van der Waals surface area contributed by atoms with Crippen molar-refractivity contribution in [2.45, 2.75) is 19.9 Å². The third-order valence-corrected chi connectivity index (χ3v) is 4.01. The summed E-state index contributed by atoms with van der Waals surface area (Å²) in [5, 5.41) is 5.14. The Balaban J connectivity index is 1.88. The number of aryl methyl sites for hydroxylation is 1. The second-order valence-corrected chi connectivity index (χ2v) is 6.29. The van der Waals surface area contributed by atoms with E-state index in [9.17, 15) is 14.4 Å². The Labute approximate surface area is 169 Å². The summed E-state index contributed by atoms with van der Waals surface area (Å²) in [7, 11) is 2.97. The van der Waals surface area contributed by atoms with Crippen LogP contribution in [0.15, 0.2) is 42.5 Å². The van der Waals surface area contributed by atoms with Gasteiger partial charge in [-0.1, -0.05) is 17.7 Å². The lowest BCUT2D eigenvalue weighted by Gasteiger charge is -2.14. The van der Waals surface area contributed by atoms with Gasteiger partial charge < -0.3 is 24.8 Å². The summed E-state index contributed by atoms with van der Waals surface area (Å²) < 4.78 is 15.3. The molecule has 2 aromatic carbocycles. The second kappa shape index (κ2) is 10.1. The largest absolute Gasteiger partial charge is 0.497 e. The van der Waals surface area contributed by atoms with Gasteiger partial charge in [0.15, 0.2) is 6.61 Å². The minimum atomic E-state index is -0.915. The smallest absolute Gasteiger partial charge is 0.328 e. The zero-order valence-corrected chi connectivity index (χ0v) is 16.8. The molecule has 0 aromatic heterocycles. The quantitative estimate of drug-likeness (QED) is 0.659. The third-order valence-electron chi connectivity index (χ3n) is 4.01. The van der Waals surface area contributed by atoms with Gasteiger partial charge in [0.1, 0.15) is 17.5 Å². The maximum atomic E-state index is 12.2. The van der Waals surface area contributed by atoms with Crippen LogP contribution in [0.25, 0.3) is 0 Å². The van der Waals surface area contributed by atoms with Crippen molar-refractivity contribution in [1.29, 1.82) is 0 Å². The van der Waals surface area contributed by atoms with E-state index in [0.717, 1.165) is 5.56 Å². The minimum absolute atomic E-state index is 0.383. The fourth-order valence-electron chi connectivity index (χ4n) is 2.48.